The van der Waals surface area contributed by atoms with Gasteiger partial charge in [-0.15, -0.1) is 0 Å². The number of rotatable bonds is 4. The average Bonchev–Trinajstić information content (AvgIpc) is 2.55. The van der Waals surface area contributed by atoms with Gasteiger partial charge >= 0.3 is 6.18 Å². The minimum absolute atomic E-state index is 0.168. The molecule has 0 aromatic heterocycles. The zero-order valence-corrected chi connectivity index (χ0v) is 12.8. The van der Waals surface area contributed by atoms with Crippen LogP contribution in [0, 0.1) is 11.3 Å². The van der Waals surface area contributed by atoms with Crippen molar-refractivity contribution in [2.24, 2.45) is 0 Å². The number of ketones is 1. The monoisotopic (exact) mass is 350 g/mol. The molecule has 0 amide bonds. The van der Waals surface area contributed by atoms with E-state index in [1.165, 1.54) is 24.3 Å². The first-order valence-electron chi connectivity index (χ1n) is 6.66. The van der Waals surface area contributed by atoms with Crippen LogP contribution in [0.3, 0.4) is 0 Å². The lowest BCUT2D eigenvalue weighted by atomic mass is 10.1. The van der Waals surface area contributed by atoms with Gasteiger partial charge < -0.3 is 5.32 Å². The van der Waals surface area contributed by atoms with Gasteiger partial charge in [0.1, 0.15) is 11.6 Å². The lowest BCUT2D eigenvalue weighted by Crippen LogP contribution is -2.06. The van der Waals surface area contributed by atoms with Gasteiger partial charge in [0.25, 0.3) is 0 Å². The quantitative estimate of drug-likeness (QED) is 0.476. The normalized spacial score (nSPS) is 11.7. The smallest absolute Gasteiger partial charge is 0.360 e. The van der Waals surface area contributed by atoms with Crippen LogP contribution in [0.4, 0.5) is 18.9 Å². The predicted octanol–water partition coefficient (Wildman–Crippen LogP) is 5.06. The summed E-state index contributed by atoms with van der Waals surface area (Å²) in [5, 5.41) is 11.9. The number of allylic oxidation sites excluding steroid dienone is 1. The molecule has 0 aliphatic carbocycles. The van der Waals surface area contributed by atoms with E-state index in [4.69, 9.17) is 16.9 Å². The maximum Gasteiger partial charge on any atom is 0.416 e. The Morgan fingerprint density at radius 2 is 1.75 bits per heavy atom. The number of anilines is 1. The number of nitrogens with one attached hydrogen (secondary N) is 1. The first-order valence-corrected chi connectivity index (χ1v) is 7.04. The standard InChI is InChI=1S/C17H10ClF3N2O/c18-15-4-2-1-3-14(15)16(24)11(9-22)10-23-13-7-5-12(6-8-13)17(19,20)21/h1-8,10,23H. The van der Waals surface area contributed by atoms with Crippen molar-refractivity contribution in [3.8, 4) is 6.07 Å². The molecule has 7 heteroatoms. The summed E-state index contributed by atoms with van der Waals surface area (Å²) in [6.07, 6.45) is -3.29. The van der Waals surface area contributed by atoms with Crippen molar-refractivity contribution < 1.29 is 18.0 Å². The maximum absolute atomic E-state index is 12.5. The number of alkyl halides is 3. The molecular formula is C17H10ClF3N2O. The summed E-state index contributed by atoms with van der Waals surface area (Å²) >= 11 is 5.91. The molecule has 2 aromatic carbocycles. The van der Waals surface area contributed by atoms with Crippen LogP contribution in [0.2, 0.25) is 5.02 Å². The second-order valence-electron chi connectivity index (χ2n) is 4.70. The molecule has 0 aliphatic rings. The molecule has 0 radical (unpaired) electrons. The van der Waals surface area contributed by atoms with Gasteiger partial charge in [-0.1, -0.05) is 23.7 Å². The summed E-state index contributed by atoms with van der Waals surface area (Å²) in [6.45, 7) is 0. The summed E-state index contributed by atoms with van der Waals surface area (Å²) in [6, 6.07) is 12.2. The third kappa shape index (κ3) is 4.15. The van der Waals surface area contributed by atoms with E-state index >= 15 is 0 Å². The van der Waals surface area contributed by atoms with Gasteiger partial charge in [0.05, 0.1) is 10.6 Å². The largest absolute Gasteiger partial charge is 0.416 e. The van der Waals surface area contributed by atoms with E-state index in [9.17, 15) is 18.0 Å². The molecule has 122 valence electrons. The highest BCUT2D eigenvalue weighted by atomic mass is 35.5. The van der Waals surface area contributed by atoms with Crippen molar-refractivity contribution in [1.82, 2.24) is 0 Å². The summed E-state index contributed by atoms with van der Waals surface area (Å²) in [5.74, 6) is -0.581. The van der Waals surface area contributed by atoms with Gasteiger partial charge in [-0.2, -0.15) is 18.4 Å². The number of hydrogen-bond donors (Lipinski definition) is 1. The Hall–Kier alpha value is -2.78. The molecule has 0 aliphatic heterocycles. The predicted molar refractivity (Wildman–Crippen MR) is 84.5 cm³/mol. The second-order valence-corrected chi connectivity index (χ2v) is 5.11. The van der Waals surface area contributed by atoms with Crippen molar-refractivity contribution in [1.29, 1.82) is 5.26 Å². The third-order valence-corrected chi connectivity index (χ3v) is 3.41. The topological polar surface area (TPSA) is 52.9 Å². The zero-order valence-electron chi connectivity index (χ0n) is 12.1. The van der Waals surface area contributed by atoms with Gasteiger partial charge in [-0.3, -0.25) is 4.79 Å². The van der Waals surface area contributed by atoms with Gasteiger partial charge in [0, 0.05) is 17.5 Å². The molecule has 0 atom stereocenters. The van der Waals surface area contributed by atoms with Crippen LogP contribution >= 0.6 is 11.6 Å². The van der Waals surface area contributed by atoms with Crippen LogP contribution in [0.5, 0.6) is 0 Å². The van der Waals surface area contributed by atoms with Crippen LogP contribution in [0.25, 0.3) is 0 Å². The Kier molecular flexibility index (Phi) is 5.27. The average molecular weight is 351 g/mol. The van der Waals surface area contributed by atoms with E-state index in [0.717, 1.165) is 18.3 Å². The first kappa shape index (κ1) is 17.6. The van der Waals surface area contributed by atoms with E-state index < -0.39 is 17.5 Å². The van der Waals surface area contributed by atoms with E-state index in [1.807, 2.05) is 0 Å². The molecule has 24 heavy (non-hydrogen) atoms. The molecule has 1 N–H and O–H groups in total. The Bertz CT molecular complexity index is 821. The molecule has 3 nitrogen and oxygen atoms in total. The number of hydrogen-bond acceptors (Lipinski definition) is 3. The Morgan fingerprint density at radius 1 is 1.12 bits per heavy atom. The van der Waals surface area contributed by atoms with Crippen molar-refractivity contribution in [3.05, 3.63) is 76.5 Å². The number of benzene rings is 2. The fourth-order valence-electron chi connectivity index (χ4n) is 1.85. The molecule has 0 saturated carbocycles. The molecule has 0 heterocycles. The second kappa shape index (κ2) is 7.20. The Labute approximate surface area is 141 Å². The fourth-order valence-corrected chi connectivity index (χ4v) is 2.07. The molecule has 0 unspecified atom stereocenters. The first-order chi connectivity index (χ1) is 11.3. The van der Waals surface area contributed by atoms with Crippen LogP contribution in [0.1, 0.15) is 15.9 Å². The molecule has 2 rings (SSSR count). The molecular weight excluding hydrogens is 341 g/mol. The number of nitriles is 1. The summed E-state index contributed by atoms with van der Waals surface area (Å²) in [4.78, 5) is 12.2. The van der Waals surface area contributed by atoms with Gasteiger partial charge in [-0.05, 0) is 36.4 Å². The lowest BCUT2D eigenvalue weighted by molar-refractivity contribution is -0.137. The van der Waals surface area contributed by atoms with E-state index in [0.29, 0.717) is 5.69 Å². The number of nitrogens with zero attached hydrogens (tertiary/aromatic N) is 1. The molecule has 0 spiro atoms. The summed E-state index contributed by atoms with van der Waals surface area (Å²) in [5.41, 5.74) is -0.531. The zero-order chi connectivity index (χ0) is 17.7. The minimum Gasteiger partial charge on any atom is -0.360 e. The van der Waals surface area contributed by atoms with Crippen molar-refractivity contribution >= 4 is 23.1 Å². The van der Waals surface area contributed by atoms with Gasteiger partial charge in [-0.25, -0.2) is 0 Å². The molecule has 0 fully saturated rings. The van der Waals surface area contributed by atoms with E-state index in [1.54, 1.807) is 18.2 Å². The number of halogens is 4. The van der Waals surface area contributed by atoms with E-state index in [2.05, 4.69) is 5.32 Å². The maximum atomic E-state index is 12.5. The third-order valence-electron chi connectivity index (χ3n) is 3.08. The summed E-state index contributed by atoms with van der Waals surface area (Å²) < 4.78 is 37.5. The highest BCUT2D eigenvalue weighted by Crippen LogP contribution is 2.29. The SMILES string of the molecule is N#CC(=CNc1ccc(C(F)(F)F)cc1)C(=O)c1ccccc1Cl. The van der Waals surface area contributed by atoms with Gasteiger partial charge in [0.2, 0.25) is 5.78 Å². The van der Waals surface area contributed by atoms with Crippen LogP contribution < -0.4 is 5.32 Å². The van der Waals surface area contributed by atoms with Crippen LogP contribution in [-0.4, -0.2) is 5.78 Å². The fraction of sp³-hybridized carbons (Fsp3) is 0.0588. The lowest BCUT2D eigenvalue weighted by Gasteiger charge is -2.08. The minimum atomic E-state index is -4.42. The molecule has 0 saturated heterocycles. The van der Waals surface area contributed by atoms with Crippen molar-refractivity contribution in [2.75, 3.05) is 5.32 Å². The number of carbonyl (C=O) groups excluding carboxylic acids is 1. The number of carbonyl (C=O) groups is 1. The van der Waals surface area contributed by atoms with Gasteiger partial charge in [0.15, 0.2) is 0 Å². The molecule has 0 bridgehead atoms. The van der Waals surface area contributed by atoms with Crippen molar-refractivity contribution in [2.45, 2.75) is 6.18 Å². The number of Topliss-reactive ketones (excluding diaryl/α,β-unsaturated/α-hetero) is 1. The highest BCUT2D eigenvalue weighted by molar-refractivity contribution is 6.35. The highest BCUT2D eigenvalue weighted by Gasteiger charge is 2.29. The Balaban J connectivity index is 2.19. The van der Waals surface area contributed by atoms with Crippen LogP contribution in [-0.2, 0) is 6.18 Å². The van der Waals surface area contributed by atoms with E-state index in [-0.39, 0.29) is 16.2 Å². The van der Waals surface area contributed by atoms with Crippen molar-refractivity contribution in [3.63, 3.8) is 0 Å². The van der Waals surface area contributed by atoms with Crippen LogP contribution in [0.15, 0.2) is 60.3 Å². The molecule has 2 aromatic rings. The Morgan fingerprint density at radius 3 is 2.29 bits per heavy atom. The summed E-state index contributed by atoms with van der Waals surface area (Å²) in [7, 11) is 0.